The number of aromatic nitrogens is 5. The fraction of sp³-hybridized carbons (Fsp3) is 0.273. The van der Waals surface area contributed by atoms with Crippen molar-refractivity contribution in [3.05, 3.63) is 66.2 Å². The van der Waals surface area contributed by atoms with E-state index in [1.807, 2.05) is 30.3 Å². The van der Waals surface area contributed by atoms with Gasteiger partial charge < -0.3 is 9.88 Å². The van der Waals surface area contributed by atoms with Gasteiger partial charge in [-0.15, -0.1) is 0 Å². The van der Waals surface area contributed by atoms with Crippen LogP contribution in [0.5, 0.6) is 0 Å². The summed E-state index contributed by atoms with van der Waals surface area (Å²) in [6, 6.07) is 16.7. The third kappa shape index (κ3) is 3.22. The first kappa shape index (κ1) is 16.9. The minimum Gasteiger partial charge on any atom is -0.363 e. The molecule has 0 aliphatic heterocycles. The second-order valence-electron chi connectivity index (χ2n) is 7.11. The summed E-state index contributed by atoms with van der Waals surface area (Å²) in [4.78, 5) is 18.6. The number of pyridine rings is 1. The molecule has 0 saturated heterocycles. The highest BCUT2D eigenvalue weighted by Crippen LogP contribution is 2.38. The molecule has 1 aromatic carbocycles. The highest BCUT2D eigenvalue weighted by molar-refractivity contribution is 5.76. The molecule has 140 valence electrons. The lowest BCUT2D eigenvalue weighted by Gasteiger charge is -2.11. The number of fused-ring (bicyclic) bond motifs is 1. The number of benzene rings is 1. The van der Waals surface area contributed by atoms with Gasteiger partial charge in [-0.2, -0.15) is 0 Å². The van der Waals surface area contributed by atoms with E-state index in [4.69, 9.17) is 4.98 Å². The van der Waals surface area contributed by atoms with Crippen molar-refractivity contribution >= 4 is 16.9 Å². The van der Waals surface area contributed by atoms with Crippen LogP contribution in [0.4, 0.5) is 5.82 Å². The molecule has 6 heteroatoms. The molecule has 0 amide bonds. The smallest absolute Gasteiger partial charge is 0.180 e. The van der Waals surface area contributed by atoms with Gasteiger partial charge in [0.1, 0.15) is 17.3 Å². The maximum atomic E-state index is 4.86. The molecule has 1 aliphatic carbocycles. The molecular weight excluding hydrogens is 348 g/mol. The number of para-hydroxylation sites is 2. The van der Waals surface area contributed by atoms with E-state index in [0.29, 0.717) is 18.4 Å². The predicted molar refractivity (Wildman–Crippen MR) is 110 cm³/mol. The molecule has 1 saturated carbocycles. The summed E-state index contributed by atoms with van der Waals surface area (Å²) in [7, 11) is 0. The zero-order valence-electron chi connectivity index (χ0n) is 15.8. The third-order valence-electron chi connectivity index (χ3n) is 5.04. The van der Waals surface area contributed by atoms with Crippen LogP contribution in [0.3, 0.4) is 0 Å². The van der Waals surface area contributed by atoms with Gasteiger partial charge in [-0.1, -0.05) is 25.1 Å². The van der Waals surface area contributed by atoms with Gasteiger partial charge in [0, 0.05) is 24.0 Å². The molecule has 1 fully saturated rings. The minimum absolute atomic E-state index is 0.574. The molecule has 1 aliphatic rings. The third-order valence-corrected chi connectivity index (χ3v) is 5.04. The maximum Gasteiger partial charge on any atom is 0.180 e. The summed E-state index contributed by atoms with van der Waals surface area (Å²) in [5, 5.41) is 3.47. The Morgan fingerprint density at radius 1 is 1.04 bits per heavy atom. The van der Waals surface area contributed by atoms with Crippen molar-refractivity contribution < 1.29 is 0 Å². The Bertz CT molecular complexity index is 1110. The normalized spacial score (nSPS) is 13.8. The molecule has 6 nitrogen and oxygen atoms in total. The molecule has 0 unspecified atom stereocenters. The van der Waals surface area contributed by atoms with Crippen molar-refractivity contribution in [1.82, 2.24) is 24.5 Å². The molecule has 5 rings (SSSR count). The number of rotatable bonds is 6. The summed E-state index contributed by atoms with van der Waals surface area (Å²) in [6.45, 7) is 2.73. The standard InChI is InChI=1S/C22H22N6/c1-2-15-13-20(27-22(25-15)18-8-5-6-12-23-18)24-14-21-26-17-7-3-4-9-19(17)28(21)16-10-11-16/h3-9,12-13,16H,2,10-11,14H2,1H3,(H,24,25,27). The Labute approximate surface area is 163 Å². The minimum atomic E-state index is 0.574. The van der Waals surface area contributed by atoms with Gasteiger partial charge >= 0.3 is 0 Å². The number of imidazole rings is 1. The zero-order valence-corrected chi connectivity index (χ0v) is 15.8. The van der Waals surface area contributed by atoms with Crippen LogP contribution in [-0.2, 0) is 13.0 Å². The Hall–Kier alpha value is -3.28. The van der Waals surface area contributed by atoms with Crippen molar-refractivity contribution in [1.29, 1.82) is 0 Å². The highest BCUT2D eigenvalue weighted by atomic mass is 15.2. The van der Waals surface area contributed by atoms with E-state index in [2.05, 4.69) is 50.0 Å². The first-order chi connectivity index (χ1) is 13.8. The van der Waals surface area contributed by atoms with E-state index in [1.165, 1.54) is 18.4 Å². The number of nitrogens with zero attached hydrogens (tertiary/aromatic N) is 5. The van der Waals surface area contributed by atoms with E-state index in [9.17, 15) is 0 Å². The highest BCUT2D eigenvalue weighted by Gasteiger charge is 2.27. The Morgan fingerprint density at radius 2 is 1.89 bits per heavy atom. The second kappa shape index (κ2) is 7.03. The van der Waals surface area contributed by atoms with Gasteiger partial charge in [0.15, 0.2) is 5.82 Å². The van der Waals surface area contributed by atoms with Gasteiger partial charge in [-0.25, -0.2) is 15.0 Å². The average molecular weight is 370 g/mol. The van der Waals surface area contributed by atoms with Crippen LogP contribution in [0.2, 0.25) is 0 Å². The zero-order chi connectivity index (χ0) is 18.9. The van der Waals surface area contributed by atoms with Crippen molar-refractivity contribution in [2.75, 3.05) is 5.32 Å². The van der Waals surface area contributed by atoms with Crippen LogP contribution >= 0.6 is 0 Å². The quantitative estimate of drug-likeness (QED) is 0.545. The SMILES string of the molecule is CCc1cc(NCc2nc3ccccc3n2C2CC2)nc(-c2ccccn2)n1. The molecule has 3 heterocycles. The van der Waals surface area contributed by atoms with Crippen molar-refractivity contribution in [2.45, 2.75) is 38.8 Å². The summed E-state index contributed by atoms with van der Waals surface area (Å²) in [5.41, 5.74) is 4.05. The Morgan fingerprint density at radius 3 is 2.68 bits per heavy atom. The van der Waals surface area contributed by atoms with Crippen LogP contribution < -0.4 is 5.32 Å². The molecule has 0 radical (unpaired) electrons. The molecule has 0 spiro atoms. The van der Waals surface area contributed by atoms with Gasteiger partial charge in [0.05, 0.1) is 17.6 Å². The van der Waals surface area contributed by atoms with E-state index >= 15 is 0 Å². The molecular formula is C22H22N6. The monoisotopic (exact) mass is 370 g/mol. The van der Waals surface area contributed by atoms with E-state index in [1.54, 1.807) is 6.20 Å². The Kier molecular flexibility index (Phi) is 4.24. The number of hydrogen-bond donors (Lipinski definition) is 1. The van der Waals surface area contributed by atoms with E-state index in [0.717, 1.165) is 35.0 Å². The predicted octanol–water partition coefficient (Wildman–Crippen LogP) is 4.40. The van der Waals surface area contributed by atoms with E-state index < -0.39 is 0 Å². The average Bonchev–Trinajstić information content (AvgIpc) is 3.52. The van der Waals surface area contributed by atoms with Crippen LogP contribution in [-0.4, -0.2) is 24.5 Å². The second-order valence-corrected chi connectivity index (χ2v) is 7.11. The number of anilines is 1. The van der Waals surface area contributed by atoms with Gasteiger partial charge in [0.25, 0.3) is 0 Å². The molecule has 3 aromatic heterocycles. The molecule has 1 N–H and O–H groups in total. The van der Waals surface area contributed by atoms with Gasteiger partial charge in [0.2, 0.25) is 0 Å². The van der Waals surface area contributed by atoms with Crippen LogP contribution in [0.15, 0.2) is 54.7 Å². The van der Waals surface area contributed by atoms with Crippen LogP contribution in [0.1, 0.15) is 37.3 Å². The van der Waals surface area contributed by atoms with E-state index in [-0.39, 0.29) is 0 Å². The van der Waals surface area contributed by atoms with Crippen LogP contribution in [0, 0.1) is 0 Å². The lowest BCUT2D eigenvalue weighted by molar-refractivity contribution is 0.710. The first-order valence-corrected chi connectivity index (χ1v) is 9.81. The van der Waals surface area contributed by atoms with Crippen molar-refractivity contribution in [3.63, 3.8) is 0 Å². The summed E-state index contributed by atoms with van der Waals surface area (Å²) < 4.78 is 2.38. The fourth-order valence-corrected chi connectivity index (χ4v) is 3.51. The molecule has 4 aromatic rings. The Balaban J connectivity index is 1.46. The largest absolute Gasteiger partial charge is 0.363 e. The van der Waals surface area contributed by atoms with Crippen molar-refractivity contribution in [2.24, 2.45) is 0 Å². The molecule has 0 bridgehead atoms. The maximum absolute atomic E-state index is 4.86. The summed E-state index contributed by atoms with van der Waals surface area (Å²) >= 11 is 0. The van der Waals surface area contributed by atoms with Crippen LogP contribution in [0.25, 0.3) is 22.6 Å². The topological polar surface area (TPSA) is 68.5 Å². The fourth-order valence-electron chi connectivity index (χ4n) is 3.51. The van der Waals surface area contributed by atoms with Gasteiger partial charge in [-0.3, -0.25) is 4.98 Å². The van der Waals surface area contributed by atoms with Crippen molar-refractivity contribution in [3.8, 4) is 11.5 Å². The summed E-state index contributed by atoms with van der Waals surface area (Å²) in [6.07, 6.45) is 5.06. The molecule has 0 atom stereocenters. The molecule has 28 heavy (non-hydrogen) atoms. The lowest BCUT2D eigenvalue weighted by Crippen LogP contribution is -2.10. The number of aryl methyl sites for hydroxylation is 1. The lowest BCUT2D eigenvalue weighted by atomic mass is 10.3. The first-order valence-electron chi connectivity index (χ1n) is 9.81. The summed E-state index contributed by atoms with van der Waals surface area (Å²) in [5.74, 6) is 2.51. The number of nitrogens with one attached hydrogen (secondary N) is 1. The van der Waals surface area contributed by atoms with Gasteiger partial charge in [-0.05, 0) is 43.5 Å². The number of hydrogen-bond acceptors (Lipinski definition) is 5.